The van der Waals surface area contributed by atoms with E-state index in [4.69, 9.17) is 18.9 Å². The highest BCUT2D eigenvalue weighted by atomic mass is 16.6. The third-order valence-electron chi connectivity index (χ3n) is 6.57. The van der Waals surface area contributed by atoms with Gasteiger partial charge in [-0.25, -0.2) is 9.78 Å². The molecule has 0 saturated carbocycles. The minimum atomic E-state index is -0.388. The highest BCUT2D eigenvalue weighted by molar-refractivity contribution is 5.90. The molecule has 2 aliphatic heterocycles. The molecule has 194 valence electrons. The quantitative estimate of drug-likeness (QED) is 0.468. The minimum absolute atomic E-state index is 0.0756. The zero-order valence-electron chi connectivity index (χ0n) is 20.9. The van der Waals surface area contributed by atoms with Crippen LogP contribution in [0.25, 0.3) is 11.0 Å². The number of amides is 2. The number of ether oxygens (including phenoxy) is 4. The van der Waals surface area contributed by atoms with Crippen molar-refractivity contribution in [2.24, 2.45) is 0 Å². The second kappa shape index (κ2) is 10.9. The number of methoxy groups -OCH3 is 1. The lowest BCUT2D eigenvalue weighted by Gasteiger charge is -2.21. The summed E-state index contributed by atoms with van der Waals surface area (Å²) in [6, 6.07) is 11.0. The summed E-state index contributed by atoms with van der Waals surface area (Å²) in [5, 5.41) is 3.05. The number of carbonyl (C=O) groups is 2. The van der Waals surface area contributed by atoms with Gasteiger partial charge >= 0.3 is 6.09 Å². The largest absolute Gasteiger partial charge is 0.486 e. The number of nitrogens with zero attached hydrogens (tertiary/aromatic N) is 3. The van der Waals surface area contributed by atoms with Crippen molar-refractivity contribution in [2.75, 3.05) is 31.8 Å². The summed E-state index contributed by atoms with van der Waals surface area (Å²) >= 11 is 0. The molecule has 1 N–H and O–H groups in total. The number of aryl methyl sites for hydroxylation is 1. The fraction of sp³-hybridized carbons (Fsp3) is 0.407. The number of aromatic nitrogens is 2. The van der Waals surface area contributed by atoms with E-state index < -0.39 is 0 Å². The Balaban J connectivity index is 1.21. The fourth-order valence-corrected chi connectivity index (χ4v) is 4.75. The van der Waals surface area contributed by atoms with E-state index in [-0.39, 0.29) is 24.1 Å². The first-order chi connectivity index (χ1) is 18.0. The molecule has 2 aromatic heterocycles. The Bertz CT molecular complexity index is 1300. The third-order valence-corrected chi connectivity index (χ3v) is 6.57. The van der Waals surface area contributed by atoms with E-state index in [1.807, 2.05) is 24.3 Å². The van der Waals surface area contributed by atoms with Crippen molar-refractivity contribution in [3.63, 3.8) is 0 Å². The van der Waals surface area contributed by atoms with Crippen LogP contribution in [-0.2, 0) is 16.0 Å². The molecule has 2 aliphatic rings. The Morgan fingerprint density at radius 3 is 2.81 bits per heavy atom. The summed E-state index contributed by atoms with van der Waals surface area (Å²) in [6.45, 7) is 2.94. The molecule has 10 nitrogen and oxygen atoms in total. The van der Waals surface area contributed by atoms with Crippen molar-refractivity contribution in [1.29, 1.82) is 0 Å². The molecule has 10 heteroatoms. The van der Waals surface area contributed by atoms with Crippen LogP contribution in [0.5, 0.6) is 17.4 Å². The van der Waals surface area contributed by atoms with Crippen LogP contribution >= 0.6 is 0 Å². The van der Waals surface area contributed by atoms with Crippen LogP contribution in [-0.4, -0.2) is 61.0 Å². The van der Waals surface area contributed by atoms with Gasteiger partial charge in [0.15, 0.2) is 11.5 Å². The maximum Gasteiger partial charge on any atom is 0.414 e. The number of cyclic esters (lactones) is 1. The molecule has 0 aliphatic carbocycles. The number of pyridine rings is 2. The van der Waals surface area contributed by atoms with Crippen molar-refractivity contribution in [1.82, 2.24) is 15.3 Å². The average Bonchev–Trinajstić information content (AvgIpc) is 3.29. The van der Waals surface area contributed by atoms with Crippen LogP contribution in [0.4, 0.5) is 10.5 Å². The van der Waals surface area contributed by atoms with E-state index in [0.717, 1.165) is 16.6 Å². The molecule has 37 heavy (non-hydrogen) atoms. The molecule has 0 unspecified atom stereocenters. The Labute approximate surface area is 214 Å². The van der Waals surface area contributed by atoms with Gasteiger partial charge in [0.1, 0.15) is 19.3 Å². The normalized spacial score (nSPS) is 17.4. The lowest BCUT2D eigenvalue weighted by Crippen LogP contribution is -2.34. The van der Waals surface area contributed by atoms with Gasteiger partial charge in [0.25, 0.3) is 0 Å². The first-order valence-corrected chi connectivity index (χ1v) is 12.4. The van der Waals surface area contributed by atoms with Crippen molar-refractivity contribution in [3.8, 4) is 17.4 Å². The summed E-state index contributed by atoms with van der Waals surface area (Å²) in [6.07, 6.45) is 3.82. The van der Waals surface area contributed by atoms with Crippen molar-refractivity contribution in [3.05, 3.63) is 48.2 Å². The first kappa shape index (κ1) is 24.6. The van der Waals surface area contributed by atoms with Gasteiger partial charge in [-0.15, -0.1) is 0 Å². The number of carbonyl (C=O) groups excluding carboxylic acids is 2. The van der Waals surface area contributed by atoms with E-state index in [1.165, 1.54) is 6.92 Å². The van der Waals surface area contributed by atoms with E-state index >= 15 is 0 Å². The predicted octanol–water partition coefficient (Wildman–Crippen LogP) is 3.65. The number of benzene rings is 1. The number of hydrogen-bond donors (Lipinski definition) is 1. The average molecular weight is 507 g/mol. The second-order valence-electron chi connectivity index (χ2n) is 9.15. The zero-order chi connectivity index (χ0) is 25.8. The lowest BCUT2D eigenvalue weighted by atomic mass is 9.99. The Morgan fingerprint density at radius 1 is 1.16 bits per heavy atom. The molecule has 0 radical (unpaired) electrons. The van der Waals surface area contributed by atoms with Gasteiger partial charge in [-0.05, 0) is 55.5 Å². The Kier molecular flexibility index (Phi) is 7.25. The van der Waals surface area contributed by atoms with Crippen molar-refractivity contribution < 1.29 is 28.5 Å². The van der Waals surface area contributed by atoms with E-state index in [9.17, 15) is 9.59 Å². The molecule has 1 saturated heterocycles. The number of nitrogens with one attached hydrogen (secondary N) is 1. The molecular formula is C27H30N4O6. The molecule has 0 spiro atoms. The third kappa shape index (κ3) is 5.68. The number of rotatable bonds is 9. The smallest absolute Gasteiger partial charge is 0.414 e. The summed E-state index contributed by atoms with van der Waals surface area (Å²) < 4.78 is 22.1. The summed E-state index contributed by atoms with van der Waals surface area (Å²) in [7, 11) is 1.59. The van der Waals surface area contributed by atoms with Gasteiger partial charge in [-0.1, -0.05) is 0 Å². The summed E-state index contributed by atoms with van der Waals surface area (Å²) in [5.74, 6) is 1.74. The Morgan fingerprint density at radius 2 is 2.00 bits per heavy atom. The Hall–Kier alpha value is -4.08. The van der Waals surface area contributed by atoms with E-state index in [2.05, 4.69) is 15.3 Å². The SMILES string of the molecule is COc1ccc2nccc(CC[C@H](CC[C@H]3CN(c4ccc5c(c4)OCCO5)C(=O)O3)NC(C)=O)c2n1. The van der Waals surface area contributed by atoms with Gasteiger partial charge in [-0.2, -0.15) is 0 Å². The fourth-order valence-electron chi connectivity index (χ4n) is 4.75. The van der Waals surface area contributed by atoms with Crippen LogP contribution in [0, 0.1) is 0 Å². The van der Waals surface area contributed by atoms with Gasteiger partial charge in [0.05, 0.1) is 30.4 Å². The van der Waals surface area contributed by atoms with Gasteiger partial charge in [0, 0.05) is 31.3 Å². The molecule has 1 fully saturated rings. The highest BCUT2D eigenvalue weighted by Gasteiger charge is 2.33. The summed E-state index contributed by atoms with van der Waals surface area (Å²) in [5.41, 5.74) is 3.34. The molecular weight excluding hydrogens is 476 g/mol. The van der Waals surface area contributed by atoms with Crippen LogP contribution in [0.1, 0.15) is 31.7 Å². The zero-order valence-corrected chi connectivity index (χ0v) is 20.9. The van der Waals surface area contributed by atoms with Crippen molar-refractivity contribution in [2.45, 2.75) is 44.8 Å². The number of hydrogen-bond acceptors (Lipinski definition) is 8. The van der Waals surface area contributed by atoms with E-state index in [0.29, 0.717) is 68.5 Å². The topological polar surface area (TPSA) is 112 Å². The highest BCUT2D eigenvalue weighted by Crippen LogP contribution is 2.35. The maximum absolute atomic E-state index is 12.6. The number of anilines is 1. The monoisotopic (exact) mass is 506 g/mol. The molecule has 2 amide bonds. The van der Waals surface area contributed by atoms with Gasteiger partial charge in [-0.3, -0.25) is 14.7 Å². The van der Waals surface area contributed by atoms with Crippen molar-refractivity contribution >= 4 is 28.7 Å². The van der Waals surface area contributed by atoms with Gasteiger partial charge < -0.3 is 24.3 Å². The lowest BCUT2D eigenvalue weighted by molar-refractivity contribution is -0.119. The molecule has 3 aromatic rings. The molecule has 1 aromatic carbocycles. The second-order valence-corrected chi connectivity index (χ2v) is 9.15. The van der Waals surface area contributed by atoms with Crippen LogP contribution < -0.4 is 24.4 Å². The van der Waals surface area contributed by atoms with Gasteiger partial charge in [0.2, 0.25) is 11.8 Å². The molecule has 0 bridgehead atoms. The first-order valence-electron chi connectivity index (χ1n) is 12.4. The molecule has 5 rings (SSSR count). The standard InChI is InChI=1S/C27H30N4O6/c1-17(32)29-19(4-3-18-11-12-28-22-8-10-25(34-2)30-26(18)22)5-7-21-16-31(27(33)37-21)20-6-9-23-24(15-20)36-14-13-35-23/h6,8-12,15,19,21H,3-5,7,13-14,16H2,1-2H3,(H,29,32)/t19-,21+/m1/s1. The van der Waals surface area contributed by atoms with Crippen LogP contribution in [0.15, 0.2) is 42.6 Å². The predicted molar refractivity (Wildman–Crippen MR) is 136 cm³/mol. The van der Waals surface area contributed by atoms with Crippen LogP contribution in [0.2, 0.25) is 0 Å². The minimum Gasteiger partial charge on any atom is -0.486 e. The maximum atomic E-state index is 12.6. The number of fused-ring (bicyclic) bond motifs is 2. The molecule has 4 heterocycles. The summed E-state index contributed by atoms with van der Waals surface area (Å²) in [4.78, 5) is 35.1. The van der Waals surface area contributed by atoms with E-state index in [1.54, 1.807) is 30.3 Å². The molecule has 2 atom stereocenters. The van der Waals surface area contributed by atoms with Crippen LogP contribution in [0.3, 0.4) is 0 Å².